The predicted molar refractivity (Wildman–Crippen MR) is 71.8 cm³/mol. The number of carbonyl (C=O) groups is 1. The zero-order chi connectivity index (χ0) is 11.4. The summed E-state index contributed by atoms with van der Waals surface area (Å²) in [6.45, 7) is 0. The fourth-order valence-electron chi connectivity index (χ4n) is 1.54. The third-order valence-corrected chi connectivity index (χ3v) is 4.34. The first-order valence-corrected chi connectivity index (χ1v) is 7.42. The van der Waals surface area contributed by atoms with Gasteiger partial charge in [-0.2, -0.15) is 0 Å². The minimum atomic E-state index is 0.389. The zero-order valence-electron chi connectivity index (χ0n) is 9.12. The van der Waals surface area contributed by atoms with Crippen LogP contribution in [0.5, 0.6) is 0 Å². The van der Waals surface area contributed by atoms with Crippen LogP contribution in [0.4, 0.5) is 0 Å². The van der Waals surface area contributed by atoms with Crippen LogP contribution in [0.3, 0.4) is 0 Å². The molecule has 0 heterocycles. The minimum absolute atomic E-state index is 0.389. The lowest BCUT2D eigenvalue weighted by molar-refractivity contribution is -0.116. The standard InChI is InChI=1S/C13H15BrOS/c14-11-4-7-13(8-5-11)16-9-12(15)6-3-10-1-2-10/h4-5,7-8,10H,1-3,6,9H2. The summed E-state index contributed by atoms with van der Waals surface area (Å²) in [5.41, 5.74) is 0. The predicted octanol–water partition coefficient (Wildman–Crippen LogP) is 4.30. The summed E-state index contributed by atoms with van der Waals surface area (Å²) >= 11 is 5.04. The third-order valence-electron chi connectivity index (χ3n) is 2.74. The average Bonchev–Trinajstić information content (AvgIpc) is 3.09. The Morgan fingerprint density at radius 1 is 1.31 bits per heavy atom. The van der Waals surface area contributed by atoms with E-state index in [4.69, 9.17) is 0 Å². The van der Waals surface area contributed by atoms with Crippen LogP contribution in [0.1, 0.15) is 25.7 Å². The van der Waals surface area contributed by atoms with Crippen molar-refractivity contribution in [3.8, 4) is 0 Å². The quantitative estimate of drug-likeness (QED) is 0.728. The van der Waals surface area contributed by atoms with E-state index in [1.54, 1.807) is 11.8 Å². The van der Waals surface area contributed by atoms with E-state index in [0.717, 1.165) is 23.2 Å². The van der Waals surface area contributed by atoms with Crippen LogP contribution >= 0.6 is 27.7 Å². The Morgan fingerprint density at radius 2 is 2.00 bits per heavy atom. The molecule has 0 atom stereocenters. The van der Waals surface area contributed by atoms with Crippen LogP contribution in [0.25, 0.3) is 0 Å². The van der Waals surface area contributed by atoms with Gasteiger partial charge in [0.15, 0.2) is 0 Å². The molecule has 1 aromatic rings. The van der Waals surface area contributed by atoms with Crippen LogP contribution in [-0.2, 0) is 4.79 Å². The van der Waals surface area contributed by atoms with Crippen molar-refractivity contribution in [2.45, 2.75) is 30.6 Å². The summed E-state index contributed by atoms with van der Waals surface area (Å²) in [5.74, 6) is 1.87. The molecule has 0 bridgehead atoms. The molecular formula is C13H15BrOS. The molecule has 2 rings (SSSR count). The zero-order valence-corrected chi connectivity index (χ0v) is 11.5. The van der Waals surface area contributed by atoms with E-state index < -0.39 is 0 Å². The minimum Gasteiger partial charge on any atom is -0.299 e. The van der Waals surface area contributed by atoms with Crippen molar-refractivity contribution in [3.63, 3.8) is 0 Å². The largest absolute Gasteiger partial charge is 0.299 e. The summed E-state index contributed by atoms with van der Waals surface area (Å²) < 4.78 is 1.08. The molecule has 0 unspecified atom stereocenters. The number of Topliss-reactive ketones (excluding diaryl/α,β-unsaturated/α-hetero) is 1. The van der Waals surface area contributed by atoms with Crippen LogP contribution in [0, 0.1) is 5.92 Å². The highest BCUT2D eigenvalue weighted by atomic mass is 79.9. The molecule has 0 aromatic heterocycles. The fourth-order valence-corrected chi connectivity index (χ4v) is 2.60. The summed E-state index contributed by atoms with van der Waals surface area (Å²) in [7, 11) is 0. The molecule has 0 spiro atoms. The fraction of sp³-hybridized carbons (Fsp3) is 0.462. The van der Waals surface area contributed by atoms with Gasteiger partial charge in [0, 0.05) is 15.8 Å². The summed E-state index contributed by atoms with van der Waals surface area (Å²) in [6.07, 6.45) is 4.56. The lowest BCUT2D eigenvalue weighted by Crippen LogP contribution is -2.01. The van der Waals surface area contributed by atoms with Crippen LogP contribution in [0.2, 0.25) is 0 Å². The van der Waals surface area contributed by atoms with Crippen LogP contribution in [0.15, 0.2) is 33.6 Å². The van der Waals surface area contributed by atoms with Gasteiger partial charge in [-0.05, 0) is 36.6 Å². The maximum Gasteiger partial charge on any atom is 0.143 e. The first kappa shape index (κ1) is 12.2. The molecule has 0 aliphatic heterocycles. The molecule has 1 fully saturated rings. The van der Waals surface area contributed by atoms with Crippen molar-refractivity contribution < 1.29 is 4.79 Å². The van der Waals surface area contributed by atoms with Gasteiger partial charge in [-0.1, -0.05) is 28.8 Å². The lowest BCUT2D eigenvalue weighted by Gasteiger charge is -2.01. The number of hydrogen-bond acceptors (Lipinski definition) is 2. The Kier molecular flexibility index (Phi) is 4.47. The number of benzene rings is 1. The smallest absolute Gasteiger partial charge is 0.143 e. The molecule has 16 heavy (non-hydrogen) atoms. The van der Waals surface area contributed by atoms with Crippen molar-refractivity contribution in [2.75, 3.05) is 5.75 Å². The number of rotatable bonds is 6. The SMILES string of the molecule is O=C(CCC1CC1)CSc1ccc(Br)cc1. The molecule has 1 aliphatic carbocycles. The van der Waals surface area contributed by atoms with Gasteiger partial charge < -0.3 is 0 Å². The third kappa shape index (κ3) is 4.30. The maximum absolute atomic E-state index is 11.6. The van der Waals surface area contributed by atoms with Gasteiger partial charge in [0.1, 0.15) is 5.78 Å². The van der Waals surface area contributed by atoms with E-state index in [2.05, 4.69) is 15.9 Å². The number of carbonyl (C=O) groups excluding carboxylic acids is 1. The van der Waals surface area contributed by atoms with E-state index in [1.165, 1.54) is 17.7 Å². The van der Waals surface area contributed by atoms with Crippen molar-refractivity contribution in [1.82, 2.24) is 0 Å². The summed E-state index contributed by atoms with van der Waals surface area (Å²) in [5, 5.41) is 0. The normalized spacial score (nSPS) is 15.1. The topological polar surface area (TPSA) is 17.1 Å². The molecule has 0 N–H and O–H groups in total. The summed E-state index contributed by atoms with van der Waals surface area (Å²) in [6, 6.07) is 8.11. The van der Waals surface area contributed by atoms with Gasteiger partial charge in [0.2, 0.25) is 0 Å². The molecule has 0 radical (unpaired) electrons. The Morgan fingerprint density at radius 3 is 2.62 bits per heavy atom. The molecule has 86 valence electrons. The van der Waals surface area contributed by atoms with E-state index in [-0.39, 0.29) is 0 Å². The van der Waals surface area contributed by atoms with Gasteiger partial charge in [-0.3, -0.25) is 4.79 Å². The Balaban J connectivity index is 1.69. The first-order chi connectivity index (χ1) is 7.74. The van der Waals surface area contributed by atoms with Crippen molar-refractivity contribution in [2.24, 2.45) is 5.92 Å². The molecule has 1 saturated carbocycles. The number of thioether (sulfide) groups is 1. The summed E-state index contributed by atoms with van der Waals surface area (Å²) in [4.78, 5) is 12.8. The molecule has 0 saturated heterocycles. The van der Waals surface area contributed by atoms with E-state index in [9.17, 15) is 4.79 Å². The maximum atomic E-state index is 11.6. The van der Waals surface area contributed by atoms with E-state index in [0.29, 0.717) is 11.5 Å². The van der Waals surface area contributed by atoms with Gasteiger partial charge in [0.05, 0.1) is 5.75 Å². The van der Waals surface area contributed by atoms with E-state index >= 15 is 0 Å². The number of ketones is 1. The van der Waals surface area contributed by atoms with Gasteiger partial charge >= 0.3 is 0 Å². The van der Waals surface area contributed by atoms with Crippen molar-refractivity contribution in [3.05, 3.63) is 28.7 Å². The Labute approximate surface area is 109 Å². The van der Waals surface area contributed by atoms with Crippen molar-refractivity contribution >= 4 is 33.5 Å². The monoisotopic (exact) mass is 298 g/mol. The molecule has 0 amide bonds. The van der Waals surface area contributed by atoms with Crippen molar-refractivity contribution in [1.29, 1.82) is 0 Å². The lowest BCUT2D eigenvalue weighted by atomic mass is 10.2. The second-order valence-electron chi connectivity index (χ2n) is 4.26. The average molecular weight is 299 g/mol. The highest BCUT2D eigenvalue weighted by molar-refractivity contribution is 9.10. The van der Waals surface area contributed by atoms with E-state index in [1.807, 2.05) is 24.3 Å². The van der Waals surface area contributed by atoms with Gasteiger partial charge in [0.25, 0.3) is 0 Å². The molecule has 1 aromatic carbocycles. The molecule has 3 heteroatoms. The molecular weight excluding hydrogens is 284 g/mol. The Hall–Kier alpha value is -0.280. The highest BCUT2D eigenvalue weighted by Gasteiger charge is 2.21. The first-order valence-electron chi connectivity index (χ1n) is 5.64. The second-order valence-corrected chi connectivity index (χ2v) is 6.23. The second kappa shape index (κ2) is 5.87. The number of halogens is 1. The van der Waals surface area contributed by atoms with Crippen LogP contribution in [-0.4, -0.2) is 11.5 Å². The van der Waals surface area contributed by atoms with Gasteiger partial charge in [-0.25, -0.2) is 0 Å². The number of hydrogen-bond donors (Lipinski definition) is 0. The van der Waals surface area contributed by atoms with Crippen LogP contribution < -0.4 is 0 Å². The molecule has 1 nitrogen and oxygen atoms in total. The highest BCUT2D eigenvalue weighted by Crippen LogP contribution is 2.33. The van der Waals surface area contributed by atoms with Gasteiger partial charge in [-0.15, -0.1) is 11.8 Å². The molecule has 1 aliphatic rings. The Bertz CT molecular complexity index is 357.